The van der Waals surface area contributed by atoms with Gasteiger partial charge >= 0.3 is 5.97 Å². The van der Waals surface area contributed by atoms with Gasteiger partial charge < -0.3 is 4.74 Å². The molecule has 2 aromatic rings. The number of ether oxygens (including phenoxy) is 1. The number of nitrogens with one attached hydrogen (secondary N) is 1. The van der Waals surface area contributed by atoms with Crippen molar-refractivity contribution < 1.29 is 14.3 Å². The SMILES string of the molecule is COC(=O)CCCc1csc(NC(=O)c2ccnnc2)n1. The van der Waals surface area contributed by atoms with Crippen LogP contribution in [0.3, 0.4) is 0 Å². The average Bonchev–Trinajstić information content (AvgIpc) is 2.95. The maximum atomic E-state index is 11.9. The van der Waals surface area contributed by atoms with E-state index in [9.17, 15) is 9.59 Å². The second-order valence-electron chi connectivity index (χ2n) is 4.16. The maximum Gasteiger partial charge on any atom is 0.305 e. The minimum absolute atomic E-state index is 0.232. The lowest BCUT2D eigenvalue weighted by Gasteiger charge is -2.00. The van der Waals surface area contributed by atoms with E-state index in [1.807, 2.05) is 5.38 Å². The van der Waals surface area contributed by atoms with Crippen molar-refractivity contribution in [3.8, 4) is 0 Å². The number of methoxy groups -OCH3 is 1. The number of hydrogen-bond donors (Lipinski definition) is 1. The molecule has 21 heavy (non-hydrogen) atoms. The van der Waals surface area contributed by atoms with E-state index in [-0.39, 0.29) is 11.9 Å². The van der Waals surface area contributed by atoms with Gasteiger partial charge in [0.2, 0.25) is 0 Å². The molecule has 0 saturated carbocycles. The summed E-state index contributed by atoms with van der Waals surface area (Å²) in [6.07, 6.45) is 4.53. The molecule has 2 aromatic heterocycles. The molecule has 0 aliphatic rings. The molecule has 0 bridgehead atoms. The quantitative estimate of drug-likeness (QED) is 0.816. The lowest BCUT2D eigenvalue weighted by atomic mass is 10.2. The molecule has 7 nitrogen and oxygen atoms in total. The van der Waals surface area contributed by atoms with Gasteiger partial charge in [-0.25, -0.2) is 4.98 Å². The average molecular weight is 306 g/mol. The second-order valence-corrected chi connectivity index (χ2v) is 5.02. The number of aromatic nitrogens is 3. The normalized spacial score (nSPS) is 10.1. The number of carbonyl (C=O) groups is 2. The molecule has 0 aliphatic carbocycles. The molecule has 0 aliphatic heterocycles. The first-order valence-corrected chi connectivity index (χ1v) is 7.16. The van der Waals surface area contributed by atoms with Crippen molar-refractivity contribution in [1.82, 2.24) is 15.2 Å². The third-order valence-corrected chi connectivity index (χ3v) is 3.47. The van der Waals surface area contributed by atoms with E-state index in [0.29, 0.717) is 30.0 Å². The zero-order valence-electron chi connectivity index (χ0n) is 11.4. The number of nitrogens with zero attached hydrogens (tertiary/aromatic N) is 3. The van der Waals surface area contributed by atoms with Gasteiger partial charge in [-0.1, -0.05) is 0 Å². The van der Waals surface area contributed by atoms with E-state index < -0.39 is 0 Å². The Morgan fingerprint density at radius 2 is 2.24 bits per heavy atom. The Hall–Kier alpha value is -2.35. The standard InChI is InChI=1S/C13H14N4O3S/c1-20-11(18)4-2-3-10-8-21-13(16-10)17-12(19)9-5-6-14-15-7-9/h5-8H,2-4H2,1H3,(H,16,17,19). The third kappa shape index (κ3) is 4.60. The molecule has 2 rings (SSSR count). The van der Waals surface area contributed by atoms with Gasteiger partial charge in [0.05, 0.1) is 30.8 Å². The van der Waals surface area contributed by atoms with E-state index in [1.165, 1.54) is 30.8 Å². The highest BCUT2D eigenvalue weighted by Gasteiger charge is 2.09. The summed E-state index contributed by atoms with van der Waals surface area (Å²) in [5.41, 5.74) is 1.26. The Morgan fingerprint density at radius 3 is 2.95 bits per heavy atom. The predicted molar refractivity (Wildman–Crippen MR) is 77.1 cm³/mol. The van der Waals surface area contributed by atoms with Crippen LogP contribution in [0, 0.1) is 0 Å². The van der Waals surface area contributed by atoms with Gasteiger partial charge in [0.25, 0.3) is 5.91 Å². The van der Waals surface area contributed by atoms with Crippen LogP contribution < -0.4 is 5.32 Å². The van der Waals surface area contributed by atoms with Gasteiger partial charge in [0.15, 0.2) is 5.13 Å². The molecule has 0 fully saturated rings. The zero-order valence-corrected chi connectivity index (χ0v) is 12.2. The van der Waals surface area contributed by atoms with Crippen molar-refractivity contribution >= 4 is 28.3 Å². The number of amides is 1. The van der Waals surface area contributed by atoms with Crippen LogP contribution in [0.25, 0.3) is 0 Å². The number of aryl methyl sites for hydroxylation is 1. The number of rotatable bonds is 6. The van der Waals surface area contributed by atoms with E-state index in [0.717, 1.165) is 5.69 Å². The van der Waals surface area contributed by atoms with Crippen LogP contribution in [-0.2, 0) is 16.0 Å². The number of carbonyl (C=O) groups excluding carboxylic acids is 2. The highest BCUT2D eigenvalue weighted by molar-refractivity contribution is 7.13. The zero-order chi connectivity index (χ0) is 15.1. The Labute approximate surface area is 125 Å². The van der Waals surface area contributed by atoms with Crippen LogP contribution in [0.4, 0.5) is 5.13 Å². The summed E-state index contributed by atoms with van der Waals surface area (Å²) in [6, 6.07) is 1.58. The van der Waals surface area contributed by atoms with Gasteiger partial charge in [-0.3, -0.25) is 14.9 Å². The topological polar surface area (TPSA) is 94.1 Å². The second kappa shape index (κ2) is 7.44. The lowest BCUT2D eigenvalue weighted by Crippen LogP contribution is -2.12. The maximum absolute atomic E-state index is 11.9. The summed E-state index contributed by atoms with van der Waals surface area (Å²) >= 11 is 1.34. The Bertz CT molecular complexity index is 615. The highest BCUT2D eigenvalue weighted by atomic mass is 32.1. The Balaban J connectivity index is 1.85. The molecule has 1 amide bonds. The molecule has 0 radical (unpaired) electrons. The van der Waals surface area contributed by atoms with E-state index in [4.69, 9.17) is 0 Å². The summed E-state index contributed by atoms with van der Waals surface area (Å²) in [4.78, 5) is 27.2. The molecule has 0 unspecified atom stereocenters. The van der Waals surface area contributed by atoms with E-state index in [1.54, 1.807) is 6.07 Å². The monoisotopic (exact) mass is 306 g/mol. The molecule has 0 atom stereocenters. The number of thiazole rings is 1. The first kappa shape index (κ1) is 15.0. The van der Waals surface area contributed by atoms with Crippen LogP contribution in [0.2, 0.25) is 0 Å². The fourth-order valence-corrected chi connectivity index (χ4v) is 2.33. The number of esters is 1. The van der Waals surface area contributed by atoms with Gasteiger partial charge in [-0.05, 0) is 18.9 Å². The van der Waals surface area contributed by atoms with Crippen LogP contribution in [0.1, 0.15) is 28.9 Å². The molecular weight excluding hydrogens is 292 g/mol. The van der Waals surface area contributed by atoms with Crippen LogP contribution in [0.15, 0.2) is 23.8 Å². The van der Waals surface area contributed by atoms with E-state index >= 15 is 0 Å². The number of hydrogen-bond acceptors (Lipinski definition) is 7. The molecule has 0 spiro atoms. The minimum Gasteiger partial charge on any atom is -0.469 e. The summed E-state index contributed by atoms with van der Waals surface area (Å²) in [5, 5.41) is 12.3. The fourth-order valence-electron chi connectivity index (χ4n) is 1.59. The number of anilines is 1. The van der Waals surface area contributed by atoms with E-state index in [2.05, 4.69) is 25.2 Å². The van der Waals surface area contributed by atoms with Crippen molar-refractivity contribution in [1.29, 1.82) is 0 Å². The van der Waals surface area contributed by atoms with Crippen LogP contribution in [-0.4, -0.2) is 34.2 Å². The van der Waals surface area contributed by atoms with Gasteiger partial charge in [0.1, 0.15) is 0 Å². The van der Waals surface area contributed by atoms with Crippen molar-refractivity contribution in [3.63, 3.8) is 0 Å². The van der Waals surface area contributed by atoms with Crippen molar-refractivity contribution in [3.05, 3.63) is 35.1 Å². The molecule has 110 valence electrons. The van der Waals surface area contributed by atoms with Gasteiger partial charge in [-0.2, -0.15) is 10.2 Å². The molecule has 0 saturated heterocycles. The smallest absolute Gasteiger partial charge is 0.305 e. The molecule has 2 heterocycles. The van der Waals surface area contributed by atoms with Crippen molar-refractivity contribution in [2.24, 2.45) is 0 Å². The summed E-state index contributed by atoms with van der Waals surface area (Å²) < 4.78 is 4.57. The first-order valence-electron chi connectivity index (χ1n) is 6.28. The summed E-state index contributed by atoms with van der Waals surface area (Å²) in [6.45, 7) is 0. The lowest BCUT2D eigenvalue weighted by molar-refractivity contribution is -0.140. The Morgan fingerprint density at radius 1 is 1.38 bits per heavy atom. The minimum atomic E-state index is -0.277. The molecule has 1 N–H and O–H groups in total. The summed E-state index contributed by atoms with van der Waals surface area (Å²) in [7, 11) is 1.37. The van der Waals surface area contributed by atoms with Gasteiger partial charge in [-0.15, -0.1) is 11.3 Å². The van der Waals surface area contributed by atoms with Crippen LogP contribution in [0.5, 0.6) is 0 Å². The molecular formula is C13H14N4O3S. The van der Waals surface area contributed by atoms with Crippen molar-refractivity contribution in [2.75, 3.05) is 12.4 Å². The molecule has 8 heteroatoms. The summed E-state index contributed by atoms with van der Waals surface area (Å²) in [5.74, 6) is -0.510. The largest absolute Gasteiger partial charge is 0.469 e. The van der Waals surface area contributed by atoms with Crippen LogP contribution >= 0.6 is 11.3 Å². The first-order chi connectivity index (χ1) is 10.2. The highest BCUT2D eigenvalue weighted by Crippen LogP contribution is 2.17. The fraction of sp³-hybridized carbons (Fsp3) is 0.308. The third-order valence-electron chi connectivity index (χ3n) is 2.66. The molecule has 0 aromatic carbocycles. The van der Waals surface area contributed by atoms with Gasteiger partial charge in [0, 0.05) is 11.8 Å². The predicted octanol–water partition coefficient (Wildman–Crippen LogP) is 1.68. The Kier molecular flexibility index (Phi) is 5.33. The van der Waals surface area contributed by atoms with Crippen molar-refractivity contribution in [2.45, 2.75) is 19.3 Å².